The molecule has 0 radical (unpaired) electrons. The number of carbonyl (C=O) groups excluding carboxylic acids is 1. The Bertz CT molecular complexity index is 300. The van der Waals surface area contributed by atoms with Gasteiger partial charge in [0.05, 0.1) is 0 Å². The third-order valence-corrected chi connectivity index (χ3v) is 1.24. The summed E-state index contributed by atoms with van der Waals surface area (Å²) in [4.78, 5) is 21.0. The Morgan fingerprint density at radius 3 is 2.55 bits per heavy atom. The van der Waals surface area contributed by atoms with Gasteiger partial charge in [0.15, 0.2) is 0 Å². The molecule has 11 heavy (non-hydrogen) atoms. The summed E-state index contributed by atoms with van der Waals surface area (Å²) in [5.41, 5.74) is -0.348. The molecule has 0 atom stereocenters. The fourth-order valence-electron chi connectivity index (χ4n) is 0.690. The van der Waals surface area contributed by atoms with Crippen molar-refractivity contribution in [3.8, 4) is 0 Å². The third kappa shape index (κ3) is 1.34. The summed E-state index contributed by atoms with van der Waals surface area (Å²) in [6.45, 7) is 2.22. The molecule has 0 saturated heterocycles. The number of hydrogen-bond donors (Lipinski definition) is 0. The van der Waals surface area contributed by atoms with Crippen LogP contribution in [0.25, 0.3) is 0 Å². The number of tetrazole rings is 1. The quantitative estimate of drug-likeness (QED) is 0.508. The van der Waals surface area contributed by atoms with Gasteiger partial charge in [0.1, 0.15) is 12.8 Å². The topological polar surface area (TPSA) is 69.8 Å². The van der Waals surface area contributed by atoms with E-state index in [2.05, 4.69) is 10.4 Å². The van der Waals surface area contributed by atoms with Crippen molar-refractivity contribution in [2.75, 3.05) is 0 Å². The first kappa shape index (κ1) is 7.64. The second-order valence-corrected chi connectivity index (χ2v) is 1.93. The SMILES string of the molecule is CCn1nnn(CC=O)c1=O. The summed E-state index contributed by atoms with van der Waals surface area (Å²) in [5.74, 6) is 0. The van der Waals surface area contributed by atoms with Crippen LogP contribution >= 0.6 is 0 Å². The monoisotopic (exact) mass is 156 g/mol. The van der Waals surface area contributed by atoms with Crippen molar-refractivity contribution in [3.05, 3.63) is 10.5 Å². The Balaban J connectivity index is 3.00. The fraction of sp³-hybridized carbons (Fsp3) is 0.600. The second-order valence-electron chi connectivity index (χ2n) is 1.93. The van der Waals surface area contributed by atoms with Crippen LogP contribution in [0.2, 0.25) is 0 Å². The van der Waals surface area contributed by atoms with E-state index in [1.807, 2.05) is 0 Å². The van der Waals surface area contributed by atoms with Crippen LogP contribution in [0.4, 0.5) is 0 Å². The van der Waals surface area contributed by atoms with Gasteiger partial charge < -0.3 is 4.79 Å². The van der Waals surface area contributed by atoms with Crippen molar-refractivity contribution < 1.29 is 4.79 Å². The highest BCUT2D eigenvalue weighted by molar-refractivity contribution is 5.48. The number of carbonyl (C=O) groups is 1. The summed E-state index contributed by atoms with van der Waals surface area (Å²) in [6, 6.07) is 0. The van der Waals surface area contributed by atoms with E-state index >= 15 is 0 Å². The zero-order valence-corrected chi connectivity index (χ0v) is 6.10. The van der Waals surface area contributed by atoms with Crippen LogP contribution in [0.15, 0.2) is 4.79 Å². The summed E-state index contributed by atoms with van der Waals surface area (Å²) in [5, 5.41) is 6.97. The second kappa shape index (κ2) is 3.09. The Morgan fingerprint density at radius 1 is 1.45 bits per heavy atom. The van der Waals surface area contributed by atoms with E-state index in [9.17, 15) is 9.59 Å². The van der Waals surface area contributed by atoms with Crippen LogP contribution in [-0.2, 0) is 17.9 Å². The van der Waals surface area contributed by atoms with Crippen molar-refractivity contribution in [2.45, 2.75) is 20.0 Å². The molecule has 6 heteroatoms. The van der Waals surface area contributed by atoms with Crippen molar-refractivity contribution in [1.82, 2.24) is 19.8 Å². The lowest BCUT2D eigenvalue weighted by atomic mass is 10.7. The highest BCUT2D eigenvalue weighted by Gasteiger charge is 2.02. The standard InChI is InChI=1S/C5H8N4O2/c1-2-8-5(11)9(3-4-10)7-6-8/h4H,2-3H2,1H3. The lowest BCUT2D eigenvalue weighted by Crippen LogP contribution is -2.25. The predicted molar refractivity (Wildman–Crippen MR) is 36.0 cm³/mol. The van der Waals surface area contributed by atoms with Gasteiger partial charge >= 0.3 is 5.69 Å². The maximum atomic E-state index is 11.0. The molecule has 0 unspecified atom stereocenters. The molecule has 0 aliphatic heterocycles. The summed E-state index contributed by atoms with van der Waals surface area (Å²) in [6.07, 6.45) is 0.607. The zero-order valence-electron chi connectivity index (χ0n) is 6.10. The predicted octanol–water partition coefficient (Wildman–Crippen LogP) is -1.34. The lowest BCUT2D eigenvalue weighted by molar-refractivity contribution is -0.108. The molecule has 0 aromatic carbocycles. The van der Waals surface area contributed by atoms with Gasteiger partial charge in [-0.2, -0.15) is 9.36 Å². The van der Waals surface area contributed by atoms with Crippen LogP contribution in [0.3, 0.4) is 0 Å². The highest BCUT2D eigenvalue weighted by atomic mass is 16.2. The van der Waals surface area contributed by atoms with Gasteiger partial charge in [-0.25, -0.2) is 4.79 Å². The van der Waals surface area contributed by atoms with Crippen molar-refractivity contribution in [3.63, 3.8) is 0 Å². The molecule has 1 heterocycles. The maximum Gasteiger partial charge on any atom is 0.364 e. The molecule has 0 fully saturated rings. The minimum atomic E-state index is -0.348. The molecule has 0 saturated carbocycles. The number of aldehydes is 1. The molecule has 0 bridgehead atoms. The van der Waals surface area contributed by atoms with Crippen LogP contribution in [0.5, 0.6) is 0 Å². The Hall–Kier alpha value is -1.46. The first-order chi connectivity index (χ1) is 5.29. The molecule has 0 aliphatic carbocycles. The number of aromatic nitrogens is 4. The number of rotatable bonds is 3. The van der Waals surface area contributed by atoms with Gasteiger partial charge in [-0.1, -0.05) is 0 Å². The summed E-state index contributed by atoms with van der Waals surface area (Å²) < 4.78 is 2.19. The minimum Gasteiger partial charge on any atom is -0.301 e. The van der Waals surface area contributed by atoms with E-state index in [4.69, 9.17) is 0 Å². The maximum absolute atomic E-state index is 11.0. The minimum absolute atomic E-state index is 0.0289. The Morgan fingerprint density at radius 2 is 2.09 bits per heavy atom. The first-order valence-electron chi connectivity index (χ1n) is 3.23. The van der Waals surface area contributed by atoms with Gasteiger partial charge in [-0.3, -0.25) is 0 Å². The first-order valence-corrected chi connectivity index (χ1v) is 3.23. The number of aryl methyl sites for hydroxylation is 1. The molecule has 0 N–H and O–H groups in total. The summed E-state index contributed by atoms with van der Waals surface area (Å²) >= 11 is 0. The molecular weight excluding hydrogens is 148 g/mol. The lowest BCUT2D eigenvalue weighted by Gasteiger charge is -1.87. The van der Waals surface area contributed by atoms with Gasteiger partial charge in [0, 0.05) is 6.54 Å². The number of nitrogens with zero attached hydrogens (tertiary/aromatic N) is 4. The molecular formula is C5H8N4O2. The van der Waals surface area contributed by atoms with Crippen LogP contribution in [-0.4, -0.2) is 26.1 Å². The van der Waals surface area contributed by atoms with Crippen molar-refractivity contribution in [1.29, 1.82) is 0 Å². The van der Waals surface area contributed by atoms with E-state index in [-0.39, 0.29) is 12.2 Å². The fourth-order valence-corrected chi connectivity index (χ4v) is 0.690. The Kier molecular flexibility index (Phi) is 2.15. The van der Waals surface area contributed by atoms with Gasteiger partial charge in [-0.15, -0.1) is 0 Å². The van der Waals surface area contributed by atoms with Crippen LogP contribution in [0.1, 0.15) is 6.92 Å². The zero-order chi connectivity index (χ0) is 8.27. The van der Waals surface area contributed by atoms with Crippen molar-refractivity contribution >= 4 is 6.29 Å². The van der Waals surface area contributed by atoms with E-state index in [1.54, 1.807) is 6.92 Å². The summed E-state index contributed by atoms with van der Waals surface area (Å²) in [7, 11) is 0. The third-order valence-electron chi connectivity index (χ3n) is 1.24. The normalized spacial score (nSPS) is 9.91. The molecule has 60 valence electrons. The number of hydrogen-bond acceptors (Lipinski definition) is 4. The van der Waals surface area contributed by atoms with E-state index in [0.29, 0.717) is 12.8 Å². The van der Waals surface area contributed by atoms with Gasteiger partial charge in [0.25, 0.3) is 0 Å². The van der Waals surface area contributed by atoms with Crippen LogP contribution < -0.4 is 5.69 Å². The van der Waals surface area contributed by atoms with E-state index in [1.165, 1.54) is 4.68 Å². The smallest absolute Gasteiger partial charge is 0.301 e. The van der Waals surface area contributed by atoms with Crippen molar-refractivity contribution in [2.24, 2.45) is 0 Å². The average Bonchev–Trinajstić information content (AvgIpc) is 2.34. The Labute approximate surface area is 62.4 Å². The van der Waals surface area contributed by atoms with Gasteiger partial charge in [0.2, 0.25) is 0 Å². The molecule has 1 aromatic heterocycles. The van der Waals surface area contributed by atoms with E-state index < -0.39 is 0 Å². The molecule has 0 amide bonds. The highest BCUT2D eigenvalue weighted by Crippen LogP contribution is 1.71. The van der Waals surface area contributed by atoms with Gasteiger partial charge in [-0.05, 0) is 17.4 Å². The molecule has 1 aromatic rings. The molecule has 6 nitrogen and oxygen atoms in total. The average molecular weight is 156 g/mol. The largest absolute Gasteiger partial charge is 0.364 e. The molecule has 0 spiro atoms. The van der Waals surface area contributed by atoms with Crippen LogP contribution in [0, 0.1) is 0 Å². The molecule has 1 rings (SSSR count). The molecule has 0 aliphatic rings. The van der Waals surface area contributed by atoms with E-state index in [0.717, 1.165) is 4.68 Å².